The Hall–Kier alpha value is -1.55. The summed E-state index contributed by atoms with van der Waals surface area (Å²) in [5.74, 6) is -0.533. The number of aromatic carboxylic acids is 1. The second kappa shape index (κ2) is 3.31. The molecule has 0 saturated carbocycles. The topological polar surface area (TPSA) is 69.6 Å². The maximum Gasteiger partial charge on any atom is 0.335 e. The first-order valence-corrected chi connectivity index (χ1v) is 4.45. The second-order valence-electron chi connectivity index (χ2n) is 3.43. The van der Waals surface area contributed by atoms with E-state index in [2.05, 4.69) is 5.32 Å². The smallest absolute Gasteiger partial charge is 0.335 e. The number of hydrogen-bond acceptors (Lipinski definition) is 3. The first kappa shape index (κ1) is 9.02. The quantitative estimate of drug-likeness (QED) is 0.649. The van der Waals surface area contributed by atoms with E-state index in [9.17, 15) is 9.90 Å². The molecule has 1 aromatic carbocycles. The summed E-state index contributed by atoms with van der Waals surface area (Å²) in [4.78, 5) is 10.7. The fourth-order valence-corrected chi connectivity index (χ4v) is 1.52. The summed E-state index contributed by atoms with van der Waals surface area (Å²) in [5, 5.41) is 21.4. The van der Waals surface area contributed by atoms with Crippen molar-refractivity contribution in [2.45, 2.75) is 5.92 Å². The summed E-state index contributed by atoms with van der Waals surface area (Å²) in [6.45, 7) is 1.60. The van der Waals surface area contributed by atoms with Gasteiger partial charge in [0.05, 0.1) is 5.56 Å². The zero-order chi connectivity index (χ0) is 10.1. The number of carboxylic acids is 1. The first-order chi connectivity index (χ1) is 6.68. The third-order valence-corrected chi connectivity index (χ3v) is 2.50. The SMILES string of the molecule is O=C(O)c1ccc(O)c(C2CNC2)c1. The van der Waals surface area contributed by atoms with Gasteiger partial charge in [0.15, 0.2) is 0 Å². The normalized spacial score (nSPS) is 16.3. The molecule has 1 aliphatic heterocycles. The molecule has 1 aromatic rings. The van der Waals surface area contributed by atoms with Gasteiger partial charge in [-0.15, -0.1) is 0 Å². The average Bonchev–Trinajstić information content (AvgIpc) is 2.05. The molecule has 0 bridgehead atoms. The maximum atomic E-state index is 10.7. The summed E-state index contributed by atoms with van der Waals surface area (Å²) < 4.78 is 0. The Morgan fingerprint density at radius 3 is 2.64 bits per heavy atom. The number of benzene rings is 1. The Bertz CT molecular complexity index is 372. The van der Waals surface area contributed by atoms with Gasteiger partial charge in [0.2, 0.25) is 0 Å². The summed E-state index contributed by atoms with van der Waals surface area (Å²) in [7, 11) is 0. The standard InChI is InChI=1S/C10H11NO3/c12-9-2-1-6(10(13)14)3-8(9)7-4-11-5-7/h1-3,7,11-12H,4-5H2,(H,13,14). The van der Waals surface area contributed by atoms with Crippen molar-refractivity contribution in [2.24, 2.45) is 0 Å². The van der Waals surface area contributed by atoms with Gasteiger partial charge < -0.3 is 15.5 Å². The van der Waals surface area contributed by atoms with Crippen molar-refractivity contribution in [3.05, 3.63) is 29.3 Å². The van der Waals surface area contributed by atoms with Crippen LogP contribution in [0.2, 0.25) is 0 Å². The molecule has 1 saturated heterocycles. The highest BCUT2D eigenvalue weighted by Gasteiger charge is 2.22. The van der Waals surface area contributed by atoms with Gasteiger partial charge >= 0.3 is 5.97 Å². The highest BCUT2D eigenvalue weighted by molar-refractivity contribution is 5.88. The molecule has 0 amide bonds. The van der Waals surface area contributed by atoms with Crippen molar-refractivity contribution in [3.8, 4) is 5.75 Å². The summed E-state index contributed by atoms with van der Waals surface area (Å²) in [5.41, 5.74) is 0.952. The molecule has 74 valence electrons. The van der Waals surface area contributed by atoms with Gasteiger partial charge in [-0.25, -0.2) is 4.79 Å². The van der Waals surface area contributed by atoms with Crippen LogP contribution in [0.4, 0.5) is 0 Å². The van der Waals surface area contributed by atoms with E-state index in [4.69, 9.17) is 5.11 Å². The van der Waals surface area contributed by atoms with Crippen molar-refractivity contribution in [3.63, 3.8) is 0 Å². The Morgan fingerprint density at radius 2 is 2.14 bits per heavy atom. The molecule has 0 aliphatic carbocycles. The molecule has 0 radical (unpaired) electrons. The molecule has 4 nitrogen and oxygen atoms in total. The lowest BCUT2D eigenvalue weighted by Gasteiger charge is -2.28. The van der Waals surface area contributed by atoms with Gasteiger partial charge in [0, 0.05) is 24.6 Å². The lowest BCUT2D eigenvalue weighted by molar-refractivity contribution is 0.0696. The monoisotopic (exact) mass is 193 g/mol. The van der Waals surface area contributed by atoms with Crippen LogP contribution in [0.1, 0.15) is 21.8 Å². The molecular weight excluding hydrogens is 182 g/mol. The molecule has 3 N–H and O–H groups in total. The molecule has 0 aromatic heterocycles. The Morgan fingerprint density at radius 1 is 1.43 bits per heavy atom. The maximum absolute atomic E-state index is 10.7. The third-order valence-electron chi connectivity index (χ3n) is 2.50. The summed E-state index contributed by atoms with van der Waals surface area (Å²) in [6, 6.07) is 4.40. The Labute approximate surface area is 81.2 Å². The van der Waals surface area contributed by atoms with Crippen LogP contribution in [0.25, 0.3) is 0 Å². The number of phenolic OH excluding ortho intramolecular Hbond substituents is 1. The van der Waals surface area contributed by atoms with Crippen LogP contribution in [0.5, 0.6) is 5.75 Å². The van der Waals surface area contributed by atoms with Crippen LogP contribution in [0, 0.1) is 0 Å². The second-order valence-corrected chi connectivity index (χ2v) is 3.43. The number of carboxylic acid groups (broad SMARTS) is 1. The molecule has 0 spiro atoms. The van der Waals surface area contributed by atoms with E-state index in [0.717, 1.165) is 18.7 Å². The van der Waals surface area contributed by atoms with E-state index in [1.165, 1.54) is 12.1 Å². The van der Waals surface area contributed by atoms with Gasteiger partial charge in [0.25, 0.3) is 0 Å². The largest absolute Gasteiger partial charge is 0.508 e. The van der Waals surface area contributed by atoms with E-state index in [-0.39, 0.29) is 17.2 Å². The lowest BCUT2D eigenvalue weighted by Crippen LogP contribution is -2.39. The summed E-state index contributed by atoms with van der Waals surface area (Å²) >= 11 is 0. The third kappa shape index (κ3) is 1.44. The number of phenols is 1. The van der Waals surface area contributed by atoms with Gasteiger partial charge in [-0.05, 0) is 18.2 Å². The van der Waals surface area contributed by atoms with Crippen LogP contribution in [-0.2, 0) is 0 Å². The number of hydrogen-bond donors (Lipinski definition) is 3. The minimum absolute atomic E-state index is 0.182. The van der Waals surface area contributed by atoms with Crippen LogP contribution >= 0.6 is 0 Å². The van der Waals surface area contributed by atoms with E-state index < -0.39 is 5.97 Å². The minimum atomic E-state index is -0.960. The number of rotatable bonds is 2. The van der Waals surface area contributed by atoms with E-state index >= 15 is 0 Å². The van der Waals surface area contributed by atoms with E-state index in [1.54, 1.807) is 6.07 Å². The van der Waals surface area contributed by atoms with Crippen LogP contribution in [0.3, 0.4) is 0 Å². The zero-order valence-electron chi connectivity index (χ0n) is 7.53. The van der Waals surface area contributed by atoms with Crippen molar-refractivity contribution in [2.75, 3.05) is 13.1 Å². The van der Waals surface area contributed by atoms with Gasteiger partial charge in [-0.3, -0.25) is 0 Å². The predicted octanol–water partition coefficient (Wildman–Crippen LogP) is 0.777. The summed E-state index contributed by atoms with van der Waals surface area (Å²) in [6.07, 6.45) is 0. The Kier molecular flexibility index (Phi) is 2.13. The molecule has 2 rings (SSSR count). The van der Waals surface area contributed by atoms with Crippen LogP contribution in [-0.4, -0.2) is 29.3 Å². The molecule has 1 aliphatic rings. The van der Waals surface area contributed by atoms with Crippen molar-refractivity contribution in [1.82, 2.24) is 5.32 Å². The van der Waals surface area contributed by atoms with Crippen LogP contribution in [0.15, 0.2) is 18.2 Å². The number of nitrogens with one attached hydrogen (secondary N) is 1. The fraction of sp³-hybridized carbons (Fsp3) is 0.300. The molecule has 14 heavy (non-hydrogen) atoms. The Balaban J connectivity index is 2.36. The lowest BCUT2D eigenvalue weighted by atomic mass is 9.91. The number of carbonyl (C=O) groups is 1. The average molecular weight is 193 g/mol. The minimum Gasteiger partial charge on any atom is -0.508 e. The van der Waals surface area contributed by atoms with E-state index in [0.29, 0.717) is 0 Å². The van der Waals surface area contributed by atoms with Gasteiger partial charge in [-0.2, -0.15) is 0 Å². The first-order valence-electron chi connectivity index (χ1n) is 4.45. The van der Waals surface area contributed by atoms with Crippen molar-refractivity contribution in [1.29, 1.82) is 0 Å². The zero-order valence-corrected chi connectivity index (χ0v) is 7.53. The molecule has 1 heterocycles. The molecular formula is C10H11NO3. The predicted molar refractivity (Wildman–Crippen MR) is 50.7 cm³/mol. The van der Waals surface area contributed by atoms with Crippen LogP contribution < -0.4 is 5.32 Å². The molecule has 4 heteroatoms. The molecule has 0 unspecified atom stereocenters. The number of aromatic hydroxyl groups is 1. The van der Waals surface area contributed by atoms with Crippen molar-refractivity contribution < 1.29 is 15.0 Å². The highest BCUT2D eigenvalue weighted by atomic mass is 16.4. The van der Waals surface area contributed by atoms with E-state index in [1.807, 2.05) is 0 Å². The highest BCUT2D eigenvalue weighted by Crippen LogP contribution is 2.29. The van der Waals surface area contributed by atoms with Gasteiger partial charge in [0.1, 0.15) is 5.75 Å². The molecule has 1 fully saturated rings. The fourth-order valence-electron chi connectivity index (χ4n) is 1.52. The van der Waals surface area contributed by atoms with Crippen molar-refractivity contribution >= 4 is 5.97 Å². The van der Waals surface area contributed by atoms with Gasteiger partial charge in [-0.1, -0.05) is 0 Å². The molecule has 0 atom stereocenters.